The van der Waals surface area contributed by atoms with Crippen LogP contribution in [0.15, 0.2) is 60.7 Å². The number of aryl methyl sites for hydroxylation is 2. The summed E-state index contributed by atoms with van der Waals surface area (Å²) < 4.78 is 0. The molecular weight excluding hydrogens is 450 g/mol. The van der Waals surface area contributed by atoms with Crippen LogP contribution in [0.25, 0.3) is 0 Å². The first-order valence-electron chi connectivity index (χ1n) is 11.2. The molecule has 0 aliphatic carbocycles. The number of rotatable bonds is 3. The zero-order chi connectivity index (χ0) is 24.0. The fraction of sp³-hybridized carbons (Fsp3) is 0.222. The molecule has 0 radical (unpaired) electrons. The Morgan fingerprint density at radius 1 is 0.765 bits per heavy atom. The Labute approximate surface area is 203 Å². The van der Waals surface area contributed by atoms with Crippen molar-refractivity contribution < 1.29 is 14.4 Å². The smallest absolute Gasteiger partial charge is 0.266 e. The van der Waals surface area contributed by atoms with Gasteiger partial charge in [0.25, 0.3) is 17.7 Å². The Bertz CT molecular complexity index is 1310. The third kappa shape index (κ3) is 3.84. The molecule has 1 saturated heterocycles. The lowest BCUT2D eigenvalue weighted by molar-refractivity contribution is 0.0746. The number of hydrogen-bond donors (Lipinski definition) is 0. The second kappa shape index (κ2) is 8.61. The number of piperazine rings is 1. The molecule has 2 heterocycles. The summed E-state index contributed by atoms with van der Waals surface area (Å²) in [6, 6.07) is 18.0. The van der Waals surface area contributed by atoms with E-state index in [0.29, 0.717) is 43.0 Å². The zero-order valence-electron chi connectivity index (χ0n) is 19.0. The normalized spacial score (nSPS) is 15.7. The summed E-state index contributed by atoms with van der Waals surface area (Å²) in [6.07, 6.45) is 0. The molecule has 0 unspecified atom stereocenters. The predicted octanol–water partition coefficient (Wildman–Crippen LogP) is 4.72. The van der Waals surface area contributed by atoms with Gasteiger partial charge in [0.15, 0.2) is 0 Å². The van der Waals surface area contributed by atoms with Gasteiger partial charge in [-0.3, -0.25) is 14.4 Å². The second-order valence-electron chi connectivity index (χ2n) is 8.75. The number of hydrogen-bond acceptors (Lipinski definition) is 4. The van der Waals surface area contributed by atoms with Crippen molar-refractivity contribution in [1.82, 2.24) is 4.90 Å². The van der Waals surface area contributed by atoms with Crippen LogP contribution in [0, 0.1) is 13.8 Å². The number of nitrogens with zero attached hydrogens (tertiary/aromatic N) is 3. The third-order valence-electron chi connectivity index (χ3n) is 6.51. The standard InChI is InChI=1S/C27H24ClN3O3/c1-17-3-7-20(8-4-17)31-26(33)22-10-6-19(15-23(22)27(31)34)25(32)30-13-11-29(12-14-30)21-9-5-18(2)24(28)16-21/h3-10,15-16H,11-14H2,1-2H3. The van der Waals surface area contributed by atoms with Crippen LogP contribution in [0.5, 0.6) is 0 Å². The minimum Gasteiger partial charge on any atom is -0.368 e. The maximum absolute atomic E-state index is 13.2. The van der Waals surface area contributed by atoms with E-state index in [9.17, 15) is 14.4 Å². The van der Waals surface area contributed by atoms with Crippen LogP contribution in [0.1, 0.15) is 42.2 Å². The number of benzene rings is 3. The highest BCUT2D eigenvalue weighted by Crippen LogP contribution is 2.30. The highest BCUT2D eigenvalue weighted by molar-refractivity contribution is 6.34. The molecule has 3 aromatic carbocycles. The lowest BCUT2D eigenvalue weighted by atomic mass is 10.0. The van der Waals surface area contributed by atoms with E-state index in [1.54, 1.807) is 35.2 Å². The fourth-order valence-corrected chi connectivity index (χ4v) is 4.61. The molecule has 0 saturated carbocycles. The predicted molar refractivity (Wildman–Crippen MR) is 133 cm³/mol. The highest BCUT2D eigenvalue weighted by Gasteiger charge is 2.37. The lowest BCUT2D eigenvalue weighted by Gasteiger charge is -2.36. The van der Waals surface area contributed by atoms with Gasteiger partial charge in [-0.15, -0.1) is 0 Å². The lowest BCUT2D eigenvalue weighted by Crippen LogP contribution is -2.48. The summed E-state index contributed by atoms with van der Waals surface area (Å²) in [5.41, 5.74) is 4.64. The summed E-state index contributed by atoms with van der Waals surface area (Å²) >= 11 is 6.27. The first-order chi connectivity index (χ1) is 16.3. The Morgan fingerprint density at radius 2 is 1.41 bits per heavy atom. The maximum Gasteiger partial charge on any atom is 0.266 e. The Balaban J connectivity index is 1.31. The van der Waals surface area contributed by atoms with Crippen LogP contribution in [0.4, 0.5) is 11.4 Å². The van der Waals surface area contributed by atoms with Crippen LogP contribution >= 0.6 is 11.6 Å². The second-order valence-corrected chi connectivity index (χ2v) is 9.16. The molecule has 0 bridgehead atoms. The van der Waals surface area contributed by atoms with E-state index >= 15 is 0 Å². The number of carbonyl (C=O) groups excluding carboxylic acids is 3. The van der Waals surface area contributed by atoms with Crippen LogP contribution in [0.2, 0.25) is 5.02 Å². The van der Waals surface area contributed by atoms with E-state index in [0.717, 1.165) is 21.8 Å². The minimum absolute atomic E-state index is 0.140. The number of imide groups is 1. The van der Waals surface area contributed by atoms with E-state index in [1.807, 2.05) is 44.2 Å². The topological polar surface area (TPSA) is 60.9 Å². The van der Waals surface area contributed by atoms with Gasteiger partial charge in [0.1, 0.15) is 0 Å². The fourth-order valence-electron chi connectivity index (χ4n) is 4.43. The Hall–Kier alpha value is -3.64. The summed E-state index contributed by atoms with van der Waals surface area (Å²) in [7, 11) is 0. The molecule has 0 N–H and O–H groups in total. The van der Waals surface area contributed by atoms with E-state index in [-0.39, 0.29) is 17.4 Å². The minimum atomic E-state index is -0.403. The van der Waals surface area contributed by atoms with Crippen molar-refractivity contribution in [3.8, 4) is 0 Å². The van der Waals surface area contributed by atoms with Crippen molar-refractivity contribution in [3.05, 3.63) is 93.5 Å². The molecule has 1 fully saturated rings. The Kier molecular flexibility index (Phi) is 5.62. The molecule has 3 aromatic rings. The number of anilines is 2. The molecule has 2 aliphatic heterocycles. The van der Waals surface area contributed by atoms with Crippen molar-refractivity contribution in [3.63, 3.8) is 0 Å². The van der Waals surface area contributed by atoms with Crippen LogP contribution < -0.4 is 9.80 Å². The number of carbonyl (C=O) groups is 3. The van der Waals surface area contributed by atoms with Crippen molar-refractivity contribution in [2.45, 2.75) is 13.8 Å². The van der Waals surface area contributed by atoms with E-state index in [1.165, 1.54) is 4.90 Å². The van der Waals surface area contributed by atoms with Crippen LogP contribution in [-0.4, -0.2) is 48.8 Å². The first-order valence-corrected chi connectivity index (χ1v) is 11.6. The van der Waals surface area contributed by atoms with Crippen molar-refractivity contribution in [2.24, 2.45) is 0 Å². The van der Waals surface area contributed by atoms with E-state index in [2.05, 4.69) is 4.90 Å². The molecular formula is C27H24ClN3O3. The molecule has 0 aromatic heterocycles. The van der Waals surface area contributed by atoms with Gasteiger partial charge in [0.2, 0.25) is 0 Å². The summed E-state index contributed by atoms with van der Waals surface area (Å²) in [5.74, 6) is -0.911. The van der Waals surface area contributed by atoms with Crippen LogP contribution in [-0.2, 0) is 0 Å². The molecule has 34 heavy (non-hydrogen) atoms. The highest BCUT2D eigenvalue weighted by atomic mass is 35.5. The van der Waals surface area contributed by atoms with Gasteiger partial charge in [-0.05, 0) is 61.9 Å². The van der Waals surface area contributed by atoms with Gasteiger partial charge in [-0.25, -0.2) is 4.90 Å². The van der Waals surface area contributed by atoms with Gasteiger partial charge >= 0.3 is 0 Å². The number of halogens is 1. The molecule has 0 spiro atoms. The number of amides is 3. The molecule has 2 aliphatic rings. The van der Waals surface area contributed by atoms with Crippen LogP contribution in [0.3, 0.4) is 0 Å². The quantitative estimate of drug-likeness (QED) is 0.516. The summed E-state index contributed by atoms with van der Waals surface area (Å²) in [6.45, 7) is 6.41. The molecule has 3 amide bonds. The molecule has 0 atom stereocenters. The molecule has 5 rings (SSSR count). The molecule has 172 valence electrons. The van der Waals surface area contributed by atoms with Gasteiger partial charge in [0.05, 0.1) is 16.8 Å². The Morgan fingerprint density at radius 3 is 2.09 bits per heavy atom. The van der Waals surface area contributed by atoms with E-state index < -0.39 is 5.91 Å². The van der Waals surface area contributed by atoms with Crippen molar-refractivity contribution in [2.75, 3.05) is 36.0 Å². The summed E-state index contributed by atoms with van der Waals surface area (Å²) in [4.78, 5) is 44.3. The largest absolute Gasteiger partial charge is 0.368 e. The first kappa shape index (κ1) is 22.2. The monoisotopic (exact) mass is 473 g/mol. The average Bonchev–Trinajstić information content (AvgIpc) is 3.10. The maximum atomic E-state index is 13.2. The van der Waals surface area contributed by atoms with E-state index in [4.69, 9.17) is 11.6 Å². The molecule has 7 heteroatoms. The molecule has 6 nitrogen and oxygen atoms in total. The zero-order valence-corrected chi connectivity index (χ0v) is 19.8. The van der Waals surface area contributed by atoms with Gasteiger partial charge in [0, 0.05) is 42.5 Å². The SMILES string of the molecule is Cc1ccc(N2C(=O)c3ccc(C(=O)N4CCN(c5ccc(C)c(Cl)c5)CC4)cc3C2=O)cc1. The van der Waals surface area contributed by atoms with Crippen molar-refractivity contribution >= 4 is 40.7 Å². The van der Waals surface area contributed by atoms with Gasteiger partial charge in [-0.1, -0.05) is 35.4 Å². The van der Waals surface area contributed by atoms with Gasteiger partial charge < -0.3 is 9.80 Å². The average molecular weight is 474 g/mol. The number of fused-ring (bicyclic) bond motifs is 1. The van der Waals surface area contributed by atoms with Gasteiger partial charge in [-0.2, -0.15) is 0 Å². The third-order valence-corrected chi connectivity index (χ3v) is 6.92. The van der Waals surface area contributed by atoms with Crippen molar-refractivity contribution in [1.29, 1.82) is 0 Å². The summed E-state index contributed by atoms with van der Waals surface area (Å²) in [5, 5.41) is 0.730.